The van der Waals surface area contributed by atoms with E-state index < -0.39 is 0 Å². The first kappa shape index (κ1) is 13.4. The van der Waals surface area contributed by atoms with Gasteiger partial charge in [-0.15, -0.1) is 11.8 Å². The average molecular weight is 277 g/mol. The zero-order valence-electron chi connectivity index (χ0n) is 9.97. The highest BCUT2D eigenvalue weighted by molar-refractivity contribution is 8.00. The maximum atomic E-state index is 12.7. The van der Waals surface area contributed by atoms with Gasteiger partial charge in [0, 0.05) is 10.6 Å². The third kappa shape index (κ3) is 4.30. The number of thioether (sulfide) groups is 1. The van der Waals surface area contributed by atoms with Crippen molar-refractivity contribution in [2.75, 3.05) is 11.1 Å². The van der Waals surface area contributed by atoms with Crippen LogP contribution < -0.4 is 5.32 Å². The zero-order chi connectivity index (χ0) is 13.7. The van der Waals surface area contributed by atoms with Crippen LogP contribution in [0, 0.1) is 5.82 Å². The third-order valence-corrected chi connectivity index (χ3v) is 3.35. The van der Waals surface area contributed by atoms with E-state index in [1.54, 1.807) is 24.3 Å². The zero-order valence-corrected chi connectivity index (χ0v) is 10.8. The Labute approximate surface area is 114 Å². The Morgan fingerprint density at radius 3 is 2.37 bits per heavy atom. The summed E-state index contributed by atoms with van der Waals surface area (Å²) in [6.07, 6.45) is 0. The van der Waals surface area contributed by atoms with Gasteiger partial charge in [0.05, 0.1) is 5.75 Å². The Morgan fingerprint density at radius 2 is 1.74 bits per heavy atom. The first-order valence-corrected chi connectivity index (χ1v) is 6.59. The molecule has 3 nitrogen and oxygen atoms in total. The highest BCUT2D eigenvalue weighted by Gasteiger charge is 2.04. The van der Waals surface area contributed by atoms with Crippen molar-refractivity contribution in [2.45, 2.75) is 4.90 Å². The van der Waals surface area contributed by atoms with Gasteiger partial charge in [0.25, 0.3) is 0 Å². The number of amides is 1. The molecule has 0 fully saturated rings. The molecule has 2 N–H and O–H groups in total. The number of carbonyl (C=O) groups excluding carboxylic acids is 1. The van der Waals surface area contributed by atoms with E-state index in [1.165, 1.54) is 36.0 Å². The summed E-state index contributed by atoms with van der Waals surface area (Å²) in [6.45, 7) is 0. The van der Waals surface area contributed by atoms with E-state index in [9.17, 15) is 9.18 Å². The summed E-state index contributed by atoms with van der Waals surface area (Å²) in [5, 5.41) is 11.8. The molecule has 2 rings (SSSR count). The summed E-state index contributed by atoms with van der Waals surface area (Å²) < 4.78 is 12.7. The van der Waals surface area contributed by atoms with Gasteiger partial charge in [-0.2, -0.15) is 0 Å². The summed E-state index contributed by atoms with van der Waals surface area (Å²) in [5.74, 6) is -0.0523. The van der Waals surface area contributed by atoms with Crippen molar-refractivity contribution in [3.05, 3.63) is 54.3 Å². The number of aromatic hydroxyl groups is 1. The minimum Gasteiger partial charge on any atom is -0.508 e. The Morgan fingerprint density at radius 1 is 1.11 bits per heavy atom. The maximum Gasteiger partial charge on any atom is 0.234 e. The number of hydrogen-bond donors (Lipinski definition) is 2. The second-order valence-corrected chi connectivity index (χ2v) is 4.89. The lowest BCUT2D eigenvalue weighted by atomic mass is 10.3. The largest absolute Gasteiger partial charge is 0.508 e. The van der Waals surface area contributed by atoms with E-state index >= 15 is 0 Å². The van der Waals surface area contributed by atoms with Crippen molar-refractivity contribution in [3.63, 3.8) is 0 Å². The molecule has 98 valence electrons. The van der Waals surface area contributed by atoms with E-state index in [2.05, 4.69) is 5.32 Å². The number of hydrogen-bond acceptors (Lipinski definition) is 3. The van der Waals surface area contributed by atoms with Gasteiger partial charge in [0.2, 0.25) is 5.91 Å². The summed E-state index contributed by atoms with van der Waals surface area (Å²) >= 11 is 1.36. The van der Waals surface area contributed by atoms with Crippen molar-refractivity contribution in [3.8, 4) is 5.75 Å². The highest BCUT2D eigenvalue weighted by atomic mass is 32.2. The summed E-state index contributed by atoms with van der Waals surface area (Å²) in [4.78, 5) is 12.6. The van der Waals surface area contributed by atoms with E-state index in [4.69, 9.17) is 5.11 Å². The molecular formula is C14H12FNO2S. The predicted octanol–water partition coefficient (Wildman–Crippen LogP) is 3.26. The molecule has 0 aliphatic carbocycles. The molecule has 0 spiro atoms. The van der Waals surface area contributed by atoms with Crippen LogP contribution in [0.25, 0.3) is 0 Å². The normalized spacial score (nSPS) is 10.2. The molecular weight excluding hydrogens is 265 g/mol. The minimum atomic E-state index is -0.337. The molecule has 0 atom stereocenters. The second kappa shape index (κ2) is 6.24. The van der Waals surface area contributed by atoms with Crippen LogP contribution in [-0.4, -0.2) is 16.8 Å². The van der Waals surface area contributed by atoms with Gasteiger partial charge < -0.3 is 10.4 Å². The molecule has 0 heterocycles. The van der Waals surface area contributed by atoms with Gasteiger partial charge in [-0.1, -0.05) is 0 Å². The fraction of sp³-hybridized carbons (Fsp3) is 0.0714. The molecule has 0 unspecified atom stereocenters. The predicted molar refractivity (Wildman–Crippen MR) is 73.9 cm³/mol. The molecule has 0 saturated heterocycles. The molecule has 0 bridgehead atoms. The Balaban J connectivity index is 1.84. The van der Waals surface area contributed by atoms with Crippen LogP contribution >= 0.6 is 11.8 Å². The minimum absolute atomic E-state index is 0.162. The van der Waals surface area contributed by atoms with E-state index in [0.29, 0.717) is 5.69 Å². The number of anilines is 1. The number of rotatable bonds is 4. The Hall–Kier alpha value is -2.01. The van der Waals surface area contributed by atoms with Gasteiger partial charge in [-0.05, 0) is 48.5 Å². The van der Waals surface area contributed by atoms with Crippen LogP contribution in [0.2, 0.25) is 0 Å². The SMILES string of the molecule is O=C(CSc1ccc(O)cc1)Nc1ccc(F)cc1. The average Bonchev–Trinajstić information content (AvgIpc) is 2.41. The maximum absolute atomic E-state index is 12.7. The molecule has 0 aliphatic rings. The van der Waals surface area contributed by atoms with Crippen LogP contribution in [0.15, 0.2) is 53.4 Å². The topological polar surface area (TPSA) is 49.3 Å². The van der Waals surface area contributed by atoms with Crippen molar-refractivity contribution >= 4 is 23.4 Å². The van der Waals surface area contributed by atoms with Gasteiger partial charge >= 0.3 is 0 Å². The lowest BCUT2D eigenvalue weighted by molar-refractivity contribution is -0.113. The molecule has 2 aromatic rings. The van der Waals surface area contributed by atoms with Crippen molar-refractivity contribution in [1.29, 1.82) is 0 Å². The molecule has 0 aliphatic heterocycles. The Bertz CT molecular complexity index is 555. The Kier molecular flexibility index (Phi) is 4.41. The number of nitrogens with one attached hydrogen (secondary N) is 1. The molecule has 19 heavy (non-hydrogen) atoms. The van der Waals surface area contributed by atoms with Gasteiger partial charge in [0.15, 0.2) is 0 Å². The second-order valence-electron chi connectivity index (χ2n) is 3.84. The lowest BCUT2D eigenvalue weighted by Gasteiger charge is -2.05. The summed E-state index contributed by atoms with van der Waals surface area (Å²) in [6, 6.07) is 12.2. The first-order chi connectivity index (χ1) is 9.13. The number of halogens is 1. The number of phenols is 1. The first-order valence-electron chi connectivity index (χ1n) is 5.61. The smallest absolute Gasteiger partial charge is 0.234 e. The number of carbonyl (C=O) groups is 1. The van der Waals surface area contributed by atoms with Crippen LogP contribution in [0.1, 0.15) is 0 Å². The quantitative estimate of drug-likeness (QED) is 0.843. The monoisotopic (exact) mass is 277 g/mol. The van der Waals surface area contributed by atoms with Crippen LogP contribution in [0.5, 0.6) is 5.75 Å². The van der Waals surface area contributed by atoms with Crippen LogP contribution in [0.3, 0.4) is 0 Å². The number of phenolic OH excluding ortho intramolecular Hbond substituents is 1. The number of benzene rings is 2. The summed E-state index contributed by atoms with van der Waals surface area (Å²) in [7, 11) is 0. The van der Waals surface area contributed by atoms with Gasteiger partial charge in [-0.3, -0.25) is 4.79 Å². The fourth-order valence-corrected chi connectivity index (χ4v) is 2.12. The molecule has 5 heteroatoms. The van der Waals surface area contributed by atoms with Crippen molar-refractivity contribution in [1.82, 2.24) is 0 Å². The molecule has 0 saturated carbocycles. The van der Waals surface area contributed by atoms with E-state index in [-0.39, 0.29) is 23.2 Å². The van der Waals surface area contributed by atoms with Gasteiger partial charge in [0.1, 0.15) is 11.6 Å². The van der Waals surface area contributed by atoms with Gasteiger partial charge in [-0.25, -0.2) is 4.39 Å². The molecule has 1 amide bonds. The van der Waals surface area contributed by atoms with Crippen LogP contribution in [-0.2, 0) is 4.79 Å². The molecule has 0 aromatic heterocycles. The van der Waals surface area contributed by atoms with Crippen molar-refractivity contribution in [2.24, 2.45) is 0 Å². The fourth-order valence-electron chi connectivity index (χ4n) is 1.42. The molecule has 2 aromatic carbocycles. The van der Waals surface area contributed by atoms with Crippen molar-refractivity contribution < 1.29 is 14.3 Å². The summed E-state index contributed by atoms with van der Waals surface area (Å²) in [5.41, 5.74) is 0.567. The van der Waals surface area contributed by atoms with Crippen LogP contribution in [0.4, 0.5) is 10.1 Å². The highest BCUT2D eigenvalue weighted by Crippen LogP contribution is 2.20. The third-order valence-electron chi connectivity index (χ3n) is 2.33. The van der Waals surface area contributed by atoms with E-state index in [0.717, 1.165) is 4.90 Å². The molecule has 0 radical (unpaired) electrons. The lowest BCUT2D eigenvalue weighted by Crippen LogP contribution is -2.13. The standard InChI is InChI=1S/C14H12FNO2S/c15-10-1-3-11(4-2-10)16-14(18)9-19-13-7-5-12(17)6-8-13/h1-8,17H,9H2,(H,16,18). The van der Waals surface area contributed by atoms with E-state index in [1.807, 2.05) is 0 Å².